The van der Waals surface area contributed by atoms with E-state index in [9.17, 15) is 12.8 Å². The van der Waals surface area contributed by atoms with Crippen LogP contribution in [0.4, 0.5) is 10.2 Å². The molecule has 142 valence electrons. The lowest BCUT2D eigenvalue weighted by atomic mass is 10.3. The summed E-state index contributed by atoms with van der Waals surface area (Å²) in [6.07, 6.45) is 3.38. The number of benzene rings is 1. The molecule has 2 heterocycles. The Kier molecular flexibility index (Phi) is 5.62. The second kappa shape index (κ2) is 8.10. The summed E-state index contributed by atoms with van der Waals surface area (Å²) in [7, 11) is -2.60. The van der Waals surface area contributed by atoms with E-state index in [4.69, 9.17) is 4.74 Å². The molecule has 2 aromatic heterocycles. The average Bonchev–Trinajstić information content (AvgIpc) is 3.20. The lowest BCUT2D eigenvalue weighted by Gasteiger charge is -2.11. The maximum atomic E-state index is 13.4. The van der Waals surface area contributed by atoms with Gasteiger partial charge in [-0.1, -0.05) is 0 Å². The minimum Gasteiger partial charge on any atom is -0.495 e. The van der Waals surface area contributed by atoms with E-state index in [-0.39, 0.29) is 23.7 Å². The van der Waals surface area contributed by atoms with Crippen LogP contribution in [0.2, 0.25) is 0 Å². The summed E-state index contributed by atoms with van der Waals surface area (Å²) in [5.74, 6) is 0.441. The third-order valence-corrected chi connectivity index (χ3v) is 5.01. The Labute approximate surface area is 155 Å². The van der Waals surface area contributed by atoms with Gasteiger partial charge in [0.25, 0.3) is 0 Å². The second-order valence-electron chi connectivity index (χ2n) is 5.35. The zero-order valence-electron chi connectivity index (χ0n) is 14.3. The van der Waals surface area contributed by atoms with E-state index in [1.807, 2.05) is 0 Å². The van der Waals surface area contributed by atoms with Crippen LogP contribution in [0.25, 0.3) is 5.82 Å². The summed E-state index contributed by atoms with van der Waals surface area (Å²) in [6.45, 7) is 0.317. The standard InChI is InChI=1S/C16H17FN6O3S/c1-26-13-4-3-12(17)11-14(13)27(24,25)20-9-8-18-15-5-6-16(22-21-15)23-10-2-7-19-23/h2-7,10-11,20H,8-9H2,1H3,(H,18,21). The fraction of sp³-hybridized carbons (Fsp3) is 0.188. The van der Waals surface area contributed by atoms with Crippen LogP contribution in [0.3, 0.4) is 0 Å². The van der Waals surface area contributed by atoms with Gasteiger partial charge in [0.15, 0.2) is 5.82 Å². The summed E-state index contributed by atoms with van der Waals surface area (Å²) in [6, 6.07) is 8.50. The van der Waals surface area contributed by atoms with Gasteiger partial charge in [0.1, 0.15) is 22.3 Å². The Hall–Kier alpha value is -3.05. The van der Waals surface area contributed by atoms with Gasteiger partial charge in [-0.3, -0.25) is 0 Å². The average molecular weight is 392 g/mol. The van der Waals surface area contributed by atoms with Crippen LogP contribution in [0.1, 0.15) is 0 Å². The molecule has 11 heteroatoms. The van der Waals surface area contributed by atoms with Crippen LogP contribution in [0.15, 0.2) is 53.7 Å². The molecule has 2 N–H and O–H groups in total. The first kappa shape index (κ1) is 18.7. The normalized spacial score (nSPS) is 11.3. The Bertz CT molecular complexity index is 994. The highest BCUT2D eigenvalue weighted by Crippen LogP contribution is 2.24. The number of nitrogens with one attached hydrogen (secondary N) is 2. The van der Waals surface area contributed by atoms with Gasteiger partial charge in [0, 0.05) is 25.5 Å². The molecule has 3 rings (SSSR count). The molecular formula is C16H17FN6O3S. The molecule has 1 aromatic carbocycles. The highest BCUT2D eigenvalue weighted by molar-refractivity contribution is 7.89. The van der Waals surface area contributed by atoms with Gasteiger partial charge in [-0.15, -0.1) is 10.2 Å². The Morgan fingerprint density at radius 1 is 1.19 bits per heavy atom. The third-order valence-electron chi connectivity index (χ3n) is 3.53. The number of anilines is 1. The Morgan fingerprint density at radius 3 is 2.70 bits per heavy atom. The first-order valence-electron chi connectivity index (χ1n) is 7.90. The van der Waals surface area contributed by atoms with E-state index >= 15 is 0 Å². The van der Waals surface area contributed by atoms with Crippen LogP contribution in [0.5, 0.6) is 5.75 Å². The zero-order valence-corrected chi connectivity index (χ0v) is 15.1. The molecule has 0 atom stereocenters. The first-order chi connectivity index (χ1) is 13.0. The van der Waals surface area contributed by atoms with Crippen molar-refractivity contribution in [3.8, 4) is 11.6 Å². The molecule has 0 amide bonds. The zero-order chi connectivity index (χ0) is 19.3. The van der Waals surface area contributed by atoms with Gasteiger partial charge in [0.2, 0.25) is 10.0 Å². The molecule has 0 bridgehead atoms. The molecule has 0 aliphatic rings. The third kappa shape index (κ3) is 4.57. The number of methoxy groups -OCH3 is 1. The number of aromatic nitrogens is 4. The van der Waals surface area contributed by atoms with Crippen LogP contribution in [-0.2, 0) is 10.0 Å². The number of rotatable bonds is 8. The number of hydrogen-bond acceptors (Lipinski definition) is 7. The van der Waals surface area contributed by atoms with E-state index in [2.05, 4.69) is 25.3 Å². The molecule has 0 aliphatic carbocycles. The number of nitrogens with zero attached hydrogens (tertiary/aromatic N) is 4. The second-order valence-corrected chi connectivity index (χ2v) is 7.08. The highest BCUT2D eigenvalue weighted by Gasteiger charge is 2.19. The maximum Gasteiger partial charge on any atom is 0.244 e. The highest BCUT2D eigenvalue weighted by atomic mass is 32.2. The van der Waals surface area contributed by atoms with Crippen molar-refractivity contribution in [3.63, 3.8) is 0 Å². The molecule has 9 nitrogen and oxygen atoms in total. The van der Waals surface area contributed by atoms with E-state index in [0.717, 1.165) is 12.1 Å². The molecule has 0 unspecified atom stereocenters. The minimum atomic E-state index is -3.92. The molecule has 3 aromatic rings. The number of hydrogen-bond donors (Lipinski definition) is 2. The fourth-order valence-electron chi connectivity index (χ4n) is 2.26. The summed E-state index contributed by atoms with van der Waals surface area (Å²) in [4.78, 5) is -0.256. The largest absolute Gasteiger partial charge is 0.495 e. The van der Waals surface area contributed by atoms with Crippen molar-refractivity contribution in [2.24, 2.45) is 0 Å². The van der Waals surface area contributed by atoms with Gasteiger partial charge in [0.05, 0.1) is 7.11 Å². The lowest BCUT2D eigenvalue weighted by molar-refractivity contribution is 0.400. The Morgan fingerprint density at radius 2 is 2.04 bits per heavy atom. The van der Waals surface area contributed by atoms with Crippen molar-refractivity contribution in [1.82, 2.24) is 24.7 Å². The molecular weight excluding hydrogens is 375 g/mol. The first-order valence-corrected chi connectivity index (χ1v) is 9.39. The fourth-order valence-corrected chi connectivity index (χ4v) is 3.47. The maximum absolute atomic E-state index is 13.4. The molecule has 0 aliphatic heterocycles. The smallest absolute Gasteiger partial charge is 0.244 e. The SMILES string of the molecule is COc1ccc(F)cc1S(=O)(=O)NCCNc1ccc(-n2cccn2)nn1. The molecule has 0 saturated heterocycles. The molecule has 0 saturated carbocycles. The van der Waals surface area contributed by atoms with Gasteiger partial charge in [-0.2, -0.15) is 5.10 Å². The van der Waals surface area contributed by atoms with Crippen molar-refractivity contribution in [2.45, 2.75) is 4.90 Å². The van der Waals surface area contributed by atoms with Crippen LogP contribution >= 0.6 is 0 Å². The lowest BCUT2D eigenvalue weighted by Crippen LogP contribution is -2.29. The quantitative estimate of drug-likeness (QED) is 0.554. The van der Waals surface area contributed by atoms with Crippen LogP contribution in [0, 0.1) is 5.82 Å². The van der Waals surface area contributed by atoms with Crippen LogP contribution in [-0.4, -0.2) is 48.6 Å². The van der Waals surface area contributed by atoms with Gasteiger partial charge < -0.3 is 10.1 Å². The summed E-state index contributed by atoms with van der Waals surface area (Å²) < 4.78 is 47.0. The number of ether oxygens (including phenoxy) is 1. The summed E-state index contributed by atoms with van der Waals surface area (Å²) in [5, 5.41) is 15.0. The number of sulfonamides is 1. The molecule has 0 fully saturated rings. The molecule has 0 radical (unpaired) electrons. The van der Waals surface area contributed by atoms with Gasteiger partial charge >= 0.3 is 0 Å². The van der Waals surface area contributed by atoms with Gasteiger partial charge in [-0.25, -0.2) is 22.2 Å². The van der Waals surface area contributed by atoms with Gasteiger partial charge in [-0.05, 0) is 36.4 Å². The molecule has 27 heavy (non-hydrogen) atoms. The van der Waals surface area contributed by atoms with Crippen molar-refractivity contribution in [1.29, 1.82) is 0 Å². The summed E-state index contributed by atoms with van der Waals surface area (Å²) >= 11 is 0. The Balaban J connectivity index is 1.56. The van der Waals surface area contributed by atoms with E-state index in [1.54, 1.807) is 35.3 Å². The van der Waals surface area contributed by atoms with Crippen molar-refractivity contribution in [3.05, 3.63) is 54.6 Å². The van der Waals surface area contributed by atoms with Crippen molar-refractivity contribution >= 4 is 15.8 Å². The van der Waals surface area contributed by atoms with Crippen molar-refractivity contribution in [2.75, 3.05) is 25.5 Å². The number of halogens is 1. The van der Waals surface area contributed by atoms with Crippen LogP contribution < -0.4 is 14.8 Å². The minimum absolute atomic E-state index is 0.0601. The van der Waals surface area contributed by atoms with E-state index < -0.39 is 15.8 Å². The summed E-state index contributed by atoms with van der Waals surface area (Å²) in [5.41, 5.74) is 0. The topological polar surface area (TPSA) is 111 Å². The monoisotopic (exact) mass is 392 g/mol. The van der Waals surface area contributed by atoms with E-state index in [1.165, 1.54) is 13.2 Å². The van der Waals surface area contributed by atoms with E-state index in [0.29, 0.717) is 11.6 Å². The van der Waals surface area contributed by atoms with Crippen molar-refractivity contribution < 1.29 is 17.5 Å². The molecule has 0 spiro atoms. The predicted molar refractivity (Wildman–Crippen MR) is 95.8 cm³/mol. The predicted octanol–water partition coefficient (Wildman–Crippen LogP) is 1.20.